The Balaban J connectivity index is 2.55. The zero-order valence-corrected chi connectivity index (χ0v) is 13.5. The van der Waals surface area contributed by atoms with Crippen LogP contribution in [0, 0.1) is 0 Å². The normalized spacial score (nSPS) is 23.2. The highest BCUT2D eigenvalue weighted by Gasteiger charge is 2.33. The van der Waals surface area contributed by atoms with Crippen LogP contribution < -0.4 is 5.73 Å². The largest absolute Gasteiger partial charge is 0.379 e. The summed E-state index contributed by atoms with van der Waals surface area (Å²) in [5.74, 6) is 0. The van der Waals surface area contributed by atoms with Gasteiger partial charge in [0.15, 0.2) is 0 Å². The maximum Gasteiger partial charge on any atom is 0.0638 e. The minimum Gasteiger partial charge on any atom is -0.379 e. The molecule has 1 saturated heterocycles. The van der Waals surface area contributed by atoms with Gasteiger partial charge in [0.25, 0.3) is 0 Å². The van der Waals surface area contributed by atoms with Gasteiger partial charge in [-0.15, -0.1) is 0 Å². The summed E-state index contributed by atoms with van der Waals surface area (Å²) in [5.41, 5.74) is 5.90. The van der Waals surface area contributed by atoms with E-state index in [2.05, 4.69) is 37.5 Å². The van der Waals surface area contributed by atoms with Crippen LogP contribution in [0.2, 0.25) is 0 Å². The molecule has 1 aliphatic heterocycles. The van der Waals surface area contributed by atoms with Gasteiger partial charge in [-0.1, -0.05) is 13.8 Å². The highest BCUT2D eigenvalue weighted by Crippen LogP contribution is 2.23. The van der Waals surface area contributed by atoms with E-state index in [0.29, 0.717) is 12.1 Å². The Bertz CT molecular complexity index is 254. The van der Waals surface area contributed by atoms with Crippen molar-refractivity contribution in [2.45, 2.75) is 58.2 Å². The highest BCUT2D eigenvalue weighted by atomic mass is 16.5. The fourth-order valence-electron chi connectivity index (χ4n) is 3.15. The minimum absolute atomic E-state index is 0.0860. The van der Waals surface area contributed by atoms with Crippen LogP contribution in [0.5, 0.6) is 0 Å². The van der Waals surface area contributed by atoms with Gasteiger partial charge in [0.05, 0.1) is 5.60 Å². The Morgan fingerprint density at radius 2 is 2.00 bits per heavy atom. The van der Waals surface area contributed by atoms with E-state index in [9.17, 15) is 0 Å². The monoisotopic (exact) mass is 271 g/mol. The molecular formula is C15H33N3O. The zero-order valence-electron chi connectivity index (χ0n) is 13.5. The number of likely N-dealkylation sites (N-methyl/N-ethyl adjacent to an activating group) is 1. The second-order valence-corrected chi connectivity index (χ2v) is 6.22. The molecule has 2 atom stereocenters. The van der Waals surface area contributed by atoms with E-state index in [0.717, 1.165) is 32.6 Å². The van der Waals surface area contributed by atoms with Crippen LogP contribution in [-0.2, 0) is 4.74 Å². The summed E-state index contributed by atoms with van der Waals surface area (Å²) in [5, 5.41) is 0. The fourth-order valence-corrected chi connectivity index (χ4v) is 3.15. The van der Waals surface area contributed by atoms with Crippen LogP contribution in [0.4, 0.5) is 0 Å². The van der Waals surface area contributed by atoms with Gasteiger partial charge < -0.3 is 10.5 Å². The molecular weight excluding hydrogens is 238 g/mol. The second kappa shape index (κ2) is 7.58. The van der Waals surface area contributed by atoms with E-state index in [1.807, 2.05) is 0 Å². The molecule has 0 saturated carbocycles. The standard InChI is InChI=1S/C15H33N3O/c1-6-17(7-2)13-8-9-18(12-13)14(11-16)10-15(3,4)19-5/h13-14H,6-12,16H2,1-5H3. The molecule has 0 radical (unpaired) electrons. The summed E-state index contributed by atoms with van der Waals surface area (Å²) in [4.78, 5) is 5.12. The smallest absolute Gasteiger partial charge is 0.0638 e. The van der Waals surface area contributed by atoms with E-state index in [-0.39, 0.29) is 5.60 Å². The zero-order chi connectivity index (χ0) is 14.5. The lowest BCUT2D eigenvalue weighted by Crippen LogP contribution is -2.46. The van der Waals surface area contributed by atoms with Gasteiger partial charge in [-0.2, -0.15) is 0 Å². The van der Waals surface area contributed by atoms with Crippen LogP contribution in [0.25, 0.3) is 0 Å². The molecule has 0 spiro atoms. The summed E-state index contributed by atoms with van der Waals surface area (Å²) in [7, 11) is 1.79. The van der Waals surface area contributed by atoms with E-state index in [1.165, 1.54) is 13.0 Å². The molecule has 114 valence electrons. The van der Waals surface area contributed by atoms with Crippen molar-refractivity contribution >= 4 is 0 Å². The van der Waals surface area contributed by atoms with Gasteiger partial charge in [-0.05, 0) is 39.8 Å². The molecule has 4 heteroatoms. The van der Waals surface area contributed by atoms with Crippen molar-refractivity contribution in [3.8, 4) is 0 Å². The number of hydrogen-bond donors (Lipinski definition) is 1. The Morgan fingerprint density at radius 3 is 2.47 bits per heavy atom. The molecule has 0 amide bonds. The van der Waals surface area contributed by atoms with Crippen molar-refractivity contribution in [2.24, 2.45) is 5.73 Å². The van der Waals surface area contributed by atoms with Gasteiger partial charge in [0.2, 0.25) is 0 Å². The topological polar surface area (TPSA) is 41.7 Å². The third kappa shape index (κ3) is 4.71. The van der Waals surface area contributed by atoms with Crippen molar-refractivity contribution in [1.82, 2.24) is 9.80 Å². The minimum atomic E-state index is -0.0860. The molecule has 4 nitrogen and oxygen atoms in total. The molecule has 2 unspecified atom stereocenters. The lowest BCUT2D eigenvalue weighted by atomic mass is 9.98. The van der Waals surface area contributed by atoms with Crippen molar-refractivity contribution < 1.29 is 4.74 Å². The summed E-state index contributed by atoms with van der Waals surface area (Å²) < 4.78 is 5.55. The number of likely N-dealkylation sites (tertiary alicyclic amines) is 1. The predicted molar refractivity (Wildman–Crippen MR) is 81.4 cm³/mol. The van der Waals surface area contributed by atoms with Gasteiger partial charge >= 0.3 is 0 Å². The Hall–Kier alpha value is -0.160. The predicted octanol–water partition coefficient (Wildman–Crippen LogP) is 1.54. The first-order valence-corrected chi connectivity index (χ1v) is 7.70. The van der Waals surface area contributed by atoms with Crippen LogP contribution in [0.3, 0.4) is 0 Å². The Kier molecular flexibility index (Phi) is 6.74. The average molecular weight is 271 g/mol. The molecule has 0 aromatic carbocycles. The van der Waals surface area contributed by atoms with E-state index >= 15 is 0 Å². The van der Waals surface area contributed by atoms with Crippen molar-refractivity contribution in [3.63, 3.8) is 0 Å². The SMILES string of the molecule is CCN(CC)C1CCN(C(CN)CC(C)(C)OC)C1. The molecule has 0 bridgehead atoms. The van der Waals surface area contributed by atoms with Gasteiger partial charge in [0.1, 0.15) is 0 Å². The average Bonchev–Trinajstić information content (AvgIpc) is 2.87. The van der Waals surface area contributed by atoms with Crippen LogP contribution in [0.1, 0.15) is 40.5 Å². The third-order valence-corrected chi connectivity index (χ3v) is 4.59. The Labute approximate surface area is 119 Å². The number of nitrogens with zero attached hydrogens (tertiary/aromatic N) is 2. The van der Waals surface area contributed by atoms with Crippen LogP contribution in [-0.4, -0.2) is 67.3 Å². The van der Waals surface area contributed by atoms with Crippen molar-refractivity contribution in [3.05, 3.63) is 0 Å². The van der Waals surface area contributed by atoms with Gasteiger partial charge in [-0.3, -0.25) is 9.80 Å². The molecule has 19 heavy (non-hydrogen) atoms. The molecule has 1 heterocycles. The highest BCUT2D eigenvalue weighted by molar-refractivity contribution is 4.89. The quantitative estimate of drug-likeness (QED) is 0.727. The maximum absolute atomic E-state index is 5.99. The van der Waals surface area contributed by atoms with Gasteiger partial charge in [0, 0.05) is 38.8 Å². The van der Waals surface area contributed by atoms with Crippen molar-refractivity contribution in [1.29, 1.82) is 0 Å². The lowest BCUT2D eigenvalue weighted by Gasteiger charge is -2.34. The summed E-state index contributed by atoms with van der Waals surface area (Å²) in [6.07, 6.45) is 2.27. The molecule has 1 rings (SSSR count). The first-order valence-electron chi connectivity index (χ1n) is 7.70. The maximum atomic E-state index is 5.99. The van der Waals surface area contributed by atoms with E-state index in [1.54, 1.807) is 7.11 Å². The number of rotatable bonds is 8. The molecule has 1 aliphatic rings. The second-order valence-electron chi connectivity index (χ2n) is 6.22. The number of hydrogen-bond acceptors (Lipinski definition) is 4. The summed E-state index contributed by atoms with van der Waals surface area (Å²) in [6, 6.07) is 1.14. The van der Waals surface area contributed by atoms with Crippen molar-refractivity contribution in [2.75, 3.05) is 39.8 Å². The fraction of sp³-hybridized carbons (Fsp3) is 1.00. The van der Waals surface area contributed by atoms with Crippen LogP contribution >= 0.6 is 0 Å². The summed E-state index contributed by atoms with van der Waals surface area (Å²) >= 11 is 0. The molecule has 0 aromatic rings. The first kappa shape index (κ1) is 16.9. The number of methoxy groups -OCH3 is 1. The van der Waals surface area contributed by atoms with E-state index < -0.39 is 0 Å². The van der Waals surface area contributed by atoms with Crippen LogP contribution in [0.15, 0.2) is 0 Å². The molecule has 0 aromatic heterocycles. The number of ether oxygens (including phenoxy) is 1. The Morgan fingerprint density at radius 1 is 1.37 bits per heavy atom. The third-order valence-electron chi connectivity index (χ3n) is 4.59. The number of nitrogens with two attached hydrogens (primary N) is 1. The van der Waals surface area contributed by atoms with E-state index in [4.69, 9.17) is 10.5 Å². The summed E-state index contributed by atoms with van der Waals surface area (Å²) in [6.45, 7) is 14.1. The molecule has 1 fully saturated rings. The molecule has 2 N–H and O–H groups in total. The first-order chi connectivity index (χ1) is 8.97. The molecule has 0 aliphatic carbocycles. The van der Waals surface area contributed by atoms with Gasteiger partial charge in [-0.25, -0.2) is 0 Å². The lowest BCUT2D eigenvalue weighted by molar-refractivity contribution is -0.00554.